The van der Waals surface area contributed by atoms with Crippen LogP contribution in [0.15, 0.2) is 0 Å². The Bertz CT molecular complexity index is 876. The van der Waals surface area contributed by atoms with Gasteiger partial charge in [0.25, 0.3) is 0 Å². The monoisotopic (exact) mass is 302 g/mol. The predicted molar refractivity (Wildman–Crippen MR) is 56.4 cm³/mol. The number of Topliss-reactive ketones (excluding diaryl/α,β-unsaturated/α-hetero) is 1. The van der Waals surface area contributed by atoms with Gasteiger partial charge in [-0.1, -0.05) is 0 Å². The van der Waals surface area contributed by atoms with Crippen molar-refractivity contribution >= 4 is 5.78 Å². The first-order chi connectivity index (χ1) is 7.53. The molecule has 0 aromatic carbocycles. The van der Waals surface area contributed by atoms with Crippen molar-refractivity contribution in [3.8, 4) is 0 Å². The molecule has 0 radical (unpaired) electrons. The Hall–Kier alpha value is 0.293. The quantitative estimate of drug-likeness (QED) is 0.717. The summed E-state index contributed by atoms with van der Waals surface area (Å²) < 4.78 is 12.4. The molecule has 10 saturated heterocycles. The SMILES string of the molecule is CCCC(=O)[C]12[CH]3[CH]4[CH]5[CH]1[Ru]45321678[CH]2[CH]1[CH]6[CH]7[CH]28. The van der Waals surface area contributed by atoms with Gasteiger partial charge in [-0.15, -0.1) is 0 Å². The van der Waals surface area contributed by atoms with Gasteiger partial charge >= 0.3 is 82.7 Å². The Balaban J connectivity index is 1.63. The van der Waals surface area contributed by atoms with E-state index in [1.807, 2.05) is 0 Å². The molecule has 1 spiro atoms. The first-order valence-electron chi connectivity index (χ1n) is 7.27. The molecule has 4 atom stereocenters. The van der Waals surface area contributed by atoms with Crippen LogP contribution in [0, 0.1) is 0 Å². The number of fused-ring (bicyclic) bond motifs is 10. The molecule has 0 aromatic rings. The van der Waals surface area contributed by atoms with E-state index in [4.69, 9.17) is 0 Å². The molecule has 0 aromatic heterocycles. The molecule has 4 unspecified atom stereocenters. The molecular formula is C14H16ORu. The van der Waals surface area contributed by atoms with E-state index in [2.05, 4.69) is 6.92 Å². The Morgan fingerprint density at radius 2 is 1.50 bits per heavy atom. The molecule has 0 aliphatic carbocycles. The van der Waals surface area contributed by atoms with E-state index in [0.29, 0.717) is 4.01 Å². The minimum absolute atomic E-state index is 0.583. The van der Waals surface area contributed by atoms with Gasteiger partial charge in [0, 0.05) is 0 Å². The van der Waals surface area contributed by atoms with Crippen LogP contribution in [-0.2, 0) is 12.5 Å². The van der Waals surface area contributed by atoms with Crippen molar-refractivity contribution in [2.75, 3.05) is 0 Å². The van der Waals surface area contributed by atoms with Crippen LogP contribution < -0.4 is 0 Å². The zero-order valence-electron chi connectivity index (χ0n) is 9.37. The molecule has 0 saturated carbocycles. The van der Waals surface area contributed by atoms with Gasteiger partial charge in [0.05, 0.1) is 0 Å². The van der Waals surface area contributed by atoms with Crippen molar-refractivity contribution in [1.82, 2.24) is 0 Å². The fourth-order valence-corrected chi connectivity index (χ4v) is 150. The molecule has 16 heavy (non-hydrogen) atoms. The van der Waals surface area contributed by atoms with E-state index in [1.54, 1.807) is 0 Å². The second kappa shape index (κ2) is 0.450. The number of hydrogen-bond donors (Lipinski definition) is 0. The molecule has 10 aliphatic rings. The molecule has 2 heteroatoms. The summed E-state index contributed by atoms with van der Waals surface area (Å²) in [6.07, 6.45) is 2.09. The third kappa shape index (κ3) is 0.0511. The number of rotatable bonds is 3. The fourth-order valence-electron chi connectivity index (χ4n) is 17.4. The third-order valence-corrected chi connectivity index (χ3v) is 82.3. The fraction of sp³-hybridized carbons (Fsp3) is 0.929. The topological polar surface area (TPSA) is 17.1 Å². The van der Waals surface area contributed by atoms with Crippen LogP contribution >= 0.6 is 0 Å². The average Bonchev–Trinajstić information content (AvgIpc) is 3.23. The van der Waals surface area contributed by atoms with Crippen LogP contribution in [0.5, 0.6) is 0 Å². The number of ketones is 1. The number of carbonyl (C=O) groups is 1. The van der Waals surface area contributed by atoms with E-state index < -0.39 is 7.72 Å². The molecule has 10 fully saturated rings. The van der Waals surface area contributed by atoms with Gasteiger partial charge in [-0.2, -0.15) is 0 Å². The van der Waals surface area contributed by atoms with Gasteiger partial charge in [-0.25, -0.2) is 0 Å². The Morgan fingerprint density at radius 3 is 1.75 bits per heavy atom. The van der Waals surface area contributed by atoms with Crippen LogP contribution in [0.4, 0.5) is 0 Å². The summed E-state index contributed by atoms with van der Waals surface area (Å²) in [4.78, 5) is 12.8. The molecule has 86 valence electrons. The van der Waals surface area contributed by atoms with E-state index in [0.717, 1.165) is 18.6 Å². The predicted octanol–water partition coefficient (Wildman–Crippen LogP) is 4.11. The van der Waals surface area contributed by atoms with Gasteiger partial charge in [0.1, 0.15) is 0 Å². The first-order valence-corrected chi connectivity index (χ1v) is 17.2. The zero-order valence-corrected chi connectivity index (χ0v) is 11.1. The molecule has 1 nitrogen and oxygen atoms in total. The Kier molecular flexibility index (Phi) is 0.168. The van der Waals surface area contributed by atoms with Gasteiger partial charge < -0.3 is 0 Å². The van der Waals surface area contributed by atoms with Crippen molar-refractivity contribution < 1.29 is 12.5 Å². The molecule has 0 bridgehead atoms. The van der Waals surface area contributed by atoms with Crippen LogP contribution in [0.3, 0.4) is 0 Å². The zero-order chi connectivity index (χ0) is 10.0. The molecule has 10 rings (SSSR count). The van der Waals surface area contributed by atoms with Crippen LogP contribution in [-0.4, -0.2) is 5.78 Å². The summed E-state index contributed by atoms with van der Waals surface area (Å²) >= 11 is 0. The number of hydrogen-bond acceptors (Lipinski definition) is 1. The Morgan fingerprint density at radius 1 is 1.00 bits per heavy atom. The standard InChI is InChI=1S/C9H11O.C5H5.Ru/c1-2-5-9(10)8-6-3-4-7-8;1-2-4-5-3-1;/h3-4,6-7H,2,5H2,1H3;1-5H;. The summed E-state index contributed by atoms with van der Waals surface area (Å²) in [6, 6.07) is 0. The van der Waals surface area contributed by atoms with Gasteiger partial charge in [-0.05, 0) is 0 Å². The van der Waals surface area contributed by atoms with E-state index in [-0.39, 0.29) is 0 Å². The summed E-state index contributed by atoms with van der Waals surface area (Å²) in [5.74, 6) is 0.857. The summed E-state index contributed by atoms with van der Waals surface area (Å²) in [6.45, 7) is 2.21. The molecule has 0 amide bonds. The third-order valence-electron chi connectivity index (χ3n) is 15.6. The second-order valence-electron chi connectivity index (χ2n) is 10.9. The van der Waals surface area contributed by atoms with E-state index in [1.165, 1.54) is 40.6 Å². The molecule has 0 N–H and O–H groups in total. The van der Waals surface area contributed by atoms with Gasteiger partial charge in [-0.3, -0.25) is 0 Å². The normalized spacial score (nSPS) is 126. The van der Waals surface area contributed by atoms with E-state index >= 15 is 0 Å². The molecular weight excluding hydrogens is 285 g/mol. The van der Waals surface area contributed by atoms with E-state index in [9.17, 15) is 4.79 Å². The van der Waals surface area contributed by atoms with Crippen LogP contribution in [0.1, 0.15) is 19.8 Å². The molecule has 10 heterocycles. The maximum absolute atomic E-state index is 12.8. The number of carbonyl (C=O) groups excluding carboxylic acids is 1. The summed E-state index contributed by atoms with van der Waals surface area (Å²) in [5, 5.41) is 0. The molecule has 10 aliphatic heterocycles. The summed E-state index contributed by atoms with van der Waals surface area (Å²) in [5.41, 5.74) is 0. The van der Waals surface area contributed by atoms with Crippen molar-refractivity contribution in [3.05, 3.63) is 0 Å². The average molecular weight is 301 g/mol. The van der Waals surface area contributed by atoms with Crippen molar-refractivity contribution in [3.63, 3.8) is 0 Å². The maximum atomic E-state index is 12.8. The van der Waals surface area contributed by atoms with Crippen molar-refractivity contribution in [2.45, 2.75) is 64.4 Å². The Labute approximate surface area is 82.7 Å². The van der Waals surface area contributed by atoms with Gasteiger partial charge in [0.2, 0.25) is 0 Å². The second-order valence-corrected chi connectivity index (χ2v) is 47.9. The first kappa shape index (κ1) is 5.96. The summed E-state index contributed by atoms with van der Waals surface area (Å²) in [7, 11) is -3.28. The minimum atomic E-state index is -3.28. The van der Waals surface area contributed by atoms with Crippen molar-refractivity contribution in [1.29, 1.82) is 0 Å². The van der Waals surface area contributed by atoms with Crippen molar-refractivity contribution in [2.24, 2.45) is 0 Å². The van der Waals surface area contributed by atoms with Crippen LogP contribution in [0.25, 0.3) is 0 Å². The van der Waals surface area contributed by atoms with Gasteiger partial charge in [0.15, 0.2) is 0 Å². The van der Waals surface area contributed by atoms with Crippen LogP contribution in [0.2, 0.25) is 44.6 Å².